The second-order valence-electron chi connectivity index (χ2n) is 3.46. The summed E-state index contributed by atoms with van der Waals surface area (Å²) in [6.45, 7) is 1.99. The minimum absolute atomic E-state index is 0.313. The van der Waals surface area contributed by atoms with Crippen LogP contribution in [0.1, 0.15) is 11.3 Å². The number of benzene rings is 1. The lowest BCUT2D eigenvalue weighted by molar-refractivity contribution is 0.412. The maximum absolute atomic E-state index is 8.94. The van der Waals surface area contributed by atoms with Crippen LogP contribution in [0.15, 0.2) is 22.7 Å². The van der Waals surface area contributed by atoms with E-state index in [2.05, 4.69) is 20.9 Å². The second-order valence-corrected chi connectivity index (χ2v) is 4.32. The average Bonchev–Trinajstić information content (AvgIpc) is 2.27. The molecule has 0 atom stereocenters. The molecule has 0 bridgehead atoms. The molecule has 4 heteroatoms. The fraction of sp³-hybridized carbons (Fsp3) is 0.167. The molecule has 0 unspecified atom stereocenters. The Balaban J connectivity index is 2.84. The van der Waals surface area contributed by atoms with Crippen molar-refractivity contribution in [1.29, 1.82) is 5.26 Å². The molecule has 0 amide bonds. The van der Waals surface area contributed by atoms with Crippen molar-refractivity contribution in [2.75, 3.05) is 7.11 Å². The van der Waals surface area contributed by atoms with Gasteiger partial charge in [0.25, 0.3) is 0 Å². The van der Waals surface area contributed by atoms with Gasteiger partial charge in [-0.3, -0.25) is 0 Å². The predicted octanol–water partition coefficient (Wildman–Crippen LogP) is 3.19. The van der Waals surface area contributed by atoms with Gasteiger partial charge in [-0.15, -0.1) is 0 Å². The summed E-state index contributed by atoms with van der Waals surface area (Å²) in [7, 11) is 1.53. The maximum atomic E-state index is 8.94. The van der Waals surface area contributed by atoms with Gasteiger partial charge >= 0.3 is 0 Å². The minimum Gasteiger partial charge on any atom is -0.494 e. The predicted molar refractivity (Wildman–Crippen MR) is 65.4 cm³/mol. The van der Waals surface area contributed by atoms with Crippen LogP contribution < -0.4 is 4.74 Å². The fourth-order valence-corrected chi connectivity index (χ4v) is 2.26. The van der Waals surface area contributed by atoms with Crippen molar-refractivity contribution < 1.29 is 4.74 Å². The highest BCUT2D eigenvalue weighted by atomic mass is 79.9. The van der Waals surface area contributed by atoms with E-state index in [9.17, 15) is 0 Å². The van der Waals surface area contributed by atoms with E-state index in [1.165, 1.54) is 7.11 Å². The summed E-state index contributed by atoms with van der Waals surface area (Å²) >= 11 is 3.48. The molecule has 0 aliphatic heterocycles. The third kappa shape index (κ3) is 1.74. The molecule has 1 aromatic carbocycles. The molecule has 0 aliphatic carbocycles. The molecule has 0 radical (unpaired) electrons. The van der Waals surface area contributed by atoms with E-state index in [0.29, 0.717) is 11.4 Å². The minimum atomic E-state index is 0.313. The van der Waals surface area contributed by atoms with Gasteiger partial charge in [-0.25, -0.2) is 4.98 Å². The number of ether oxygens (including phenoxy) is 1. The lowest BCUT2D eigenvalue weighted by atomic mass is 10.1. The molecular formula is C12H9BrN2O. The van der Waals surface area contributed by atoms with Crippen LogP contribution in [0.2, 0.25) is 0 Å². The highest BCUT2D eigenvalue weighted by molar-refractivity contribution is 9.10. The Morgan fingerprint density at radius 2 is 2.12 bits per heavy atom. The first-order valence-electron chi connectivity index (χ1n) is 4.70. The molecule has 16 heavy (non-hydrogen) atoms. The van der Waals surface area contributed by atoms with Crippen LogP contribution >= 0.6 is 15.9 Å². The van der Waals surface area contributed by atoms with Crippen molar-refractivity contribution in [3.05, 3.63) is 33.9 Å². The Morgan fingerprint density at radius 1 is 1.38 bits per heavy atom. The number of methoxy groups -OCH3 is 1. The molecule has 0 aliphatic rings. The summed E-state index contributed by atoms with van der Waals surface area (Å²) in [5.74, 6) is 0.500. The maximum Gasteiger partial charge on any atom is 0.183 e. The normalized spacial score (nSPS) is 10.1. The molecule has 0 fully saturated rings. The summed E-state index contributed by atoms with van der Waals surface area (Å²) < 4.78 is 6.08. The third-order valence-corrected chi connectivity index (χ3v) is 2.98. The zero-order chi connectivity index (χ0) is 11.7. The van der Waals surface area contributed by atoms with Gasteiger partial charge < -0.3 is 4.74 Å². The molecule has 0 saturated carbocycles. The Morgan fingerprint density at radius 3 is 2.75 bits per heavy atom. The highest BCUT2D eigenvalue weighted by Gasteiger charge is 2.09. The van der Waals surface area contributed by atoms with Gasteiger partial charge in [0.15, 0.2) is 11.4 Å². The molecule has 1 heterocycles. The number of hydrogen-bond donors (Lipinski definition) is 0. The molecular weight excluding hydrogens is 268 g/mol. The number of rotatable bonds is 1. The van der Waals surface area contributed by atoms with Gasteiger partial charge in [0.2, 0.25) is 0 Å². The van der Waals surface area contributed by atoms with Crippen LogP contribution in [0, 0.1) is 18.3 Å². The third-order valence-electron chi connectivity index (χ3n) is 2.32. The zero-order valence-electron chi connectivity index (χ0n) is 8.91. The molecule has 3 nitrogen and oxygen atoms in total. The molecule has 2 aromatic rings. The van der Waals surface area contributed by atoms with Gasteiger partial charge in [0.05, 0.1) is 12.6 Å². The van der Waals surface area contributed by atoms with E-state index >= 15 is 0 Å². The van der Waals surface area contributed by atoms with Gasteiger partial charge in [0, 0.05) is 9.86 Å². The van der Waals surface area contributed by atoms with E-state index in [1.54, 1.807) is 0 Å². The van der Waals surface area contributed by atoms with Crippen molar-refractivity contribution in [2.24, 2.45) is 0 Å². The van der Waals surface area contributed by atoms with Gasteiger partial charge in [-0.1, -0.05) is 15.9 Å². The number of aryl methyl sites for hydroxylation is 1. The Labute approximate surface area is 102 Å². The van der Waals surface area contributed by atoms with Crippen molar-refractivity contribution in [1.82, 2.24) is 4.98 Å². The zero-order valence-corrected chi connectivity index (χ0v) is 10.5. The highest BCUT2D eigenvalue weighted by Crippen LogP contribution is 2.29. The van der Waals surface area contributed by atoms with Crippen LogP contribution in [-0.2, 0) is 0 Å². The van der Waals surface area contributed by atoms with Crippen molar-refractivity contribution in [3.63, 3.8) is 0 Å². The van der Waals surface area contributed by atoms with E-state index < -0.39 is 0 Å². The van der Waals surface area contributed by atoms with E-state index in [-0.39, 0.29) is 0 Å². The number of nitrogens with zero attached hydrogens (tertiary/aromatic N) is 2. The van der Waals surface area contributed by atoms with Gasteiger partial charge in [0.1, 0.15) is 6.07 Å². The smallest absolute Gasteiger partial charge is 0.183 e. The van der Waals surface area contributed by atoms with Gasteiger partial charge in [-0.2, -0.15) is 5.26 Å². The molecule has 2 rings (SSSR count). The Bertz CT molecular complexity index is 602. The van der Waals surface area contributed by atoms with Crippen LogP contribution in [0.25, 0.3) is 10.9 Å². The second kappa shape index (κ2) is 4.11. The first kappa shape index (κ1) is 10.9. The summed E-state index contributed by atoms with van der Waals surface area (Å²) in [6.07, 6.45) is 0. The number of halogens is 1. The van der Waals surface area contributed by atoms with E-state index in [1.807, 2.05) is 31.2 Å². The standard InChI is InChI=1S/C12H9BrN2O/c1-7-3-9(13)8-5-12(16-2)11(6-14)15-10(8)4-7/h3-5H,1-2H3. The lowest BCUT2D eigenvalue weighted by Crippen LogP contribution is -1.93. The lowest BCUT2D eigenvalue weighted by Gasteiger charge is -2.06. The largest absolute Gasteiger partial charge is 0.494 e. The molecule has 0 saturated heterocycles. The first-order chi connectivity index (χ1) is 7.65. The van der Waals surface area contributed by atoms with Crippen LogP contribution in [-0.4, -0.2) is 12.1 Å². The fourth-order valence-electron chi connectivity index (χ4n) is 1.58. The molecule has 80 valence electrons. The Kier molecular flexibility index (Phi) is 2.80. The van der Waals surface area contributed by atoms with Crippen molar-refractivity contribution in [2.45, 2.75) is 6.92 Å². The van der Waals surface area contributed by atoms with E-state index in [0.717, 1.165) is 20.9 Å². The molecule has 0 spiro atoms. The number of nitriles is 1. The summed E-state index contributed by atoms with van der Waals surface area (Å²) in [4.78, 5) is 4.27. The molecule has 1 aromatic heterocycles. The van der Waals surface area contributed by atoms with Crippen LogP contribution in [0.3, 0.4) is 0 Å². The van der Waals surface area contributed by atoms with E-state index in [4.69, 9.17) is 10.00 Å². The molecule has 0 N–H and O–H groups in total. The van der Waals surface area contributed by atoms with Crippen LogP contribution in [0.5, 0.6) is 5.75 Å². The SMILES string of the molecule is COc1cc2c(Br)cc(C)cc2nc1C#N. The topological polar surface area (TPSA) is 45.9 Å². The monoisotopic (exact) mass is 276 g/mol. The van der Waals surface area contributed by atoms with Crippen molar-refractivity contribution >= 4 is 26.8 Å². The van der Waals surface area contributed by atoms with Crippen molar-refractivity contribution in [3.8, 4) is 11.8 Å². The summed E-state index contributed by atoms with van der Waals surface area (Å²) in [5.41, 5.74) is 2.21. The summed E-state index contributed by atoms with van der Waals surface area (Å²) in [5, 5.41) is 9.89. The number of aromatic nitrogens is 1. The Hall–Kier alpha value is -1.60. The van der Waals surface area contributed by atoms with Gasteiger partial charge in [-0.05, 0) is 30.7 Å². The van der Waals surface area contributed by atoms with Crippen LogP contribution in [0.4, 0.5) is 0 Å². The number of fused-ring (bicyclic) bond motifs is 1. The first-order valence-corrected chi connectivity index (χ1v) is 5.50. The summed E-state index contributed by atoms with van der Waals surface area (Å²) in [6, 6.07) is 7.80. The quantitative estimate of drug-likeness (QED) is 0.804. The number of hydrogen-bond acceptors (Lipinski definition) is 3. The average molecular weight is 277 g/mol. The number of pyridine rings is 1.